The molecule has 0 bridgehead atoms. The van der Waals surface area contributed by atoms with E-state index in [9.17, 15) is 0 Å². The lowest BCUT2D eigenvalue weighted by atomic mass is 10.2. The van der Waals surface area contributed by atoms with Crippen LogP contribution in [0.15, 0.2) is 29.2 Å². The number of fused-ring (bicyclic) bond motifs is 1. The maximum atomic E-state index is 5.88. The van der Waals surface area contributed by atoms with Gasteiger partial charge in [-0.2, -0.15) is 0 Å². The Kier molecular flexibility index (Phi) is 4.12. The first kappa shape index (κ1) is 13.2. The number of aryl methyl sites for hydroxylation is 1. The Morgan fingerprint density at radius 2 is 2.11 bits per heavy atom. The number of nitrogens with zero attached hydrogens (tertiary/aromatic N) is 1. The largest absolute Gasteiger partial charge is 0.399 e. The van der Waals surface area contributed by atoms with Gasteiger partial charge in [0.15, 0.2) is 0 Å². The van der Waals surface area contributed by atoms with Crippen LogP contribution < -0.4 is 5.73 Å². The van der Waals surface area contributed by atoms with Gasteiger partial charge in [-0.05, 0) is 37.1 Å². The first-order valence-corrected chi connectivity index (χ1v) is 7.38. The highest BCUT2D eigenvalue weighted by atomic mass is 32.2. The average Bonchev–Trinajstić information content (AvgIpc) is 2.36. The van der Waals surface area contributed by atoms with E-state index in [4.69, 9.17) is 5.73 Å². The second-order valence-electron chi connectivity index (χ2n) is 4.86. The number of hydrogen-bond acceptors (Lipinski definition) is 3. The summed E-state index contributed by atoms with van der Waals surface area (Å²) in [6, 6.07) is 8.11. The van der Waals surface area contributed by atoms with Crippen molar-refractivity contribution in [2.75, 3.05) is 11.5 Å². The number of anilines is 1. The zero-order chi connectivity index (χ0) is 13.1. The van der Waals surface area contributed by atoms with Crippen LogP contribution in [-0.2, 0) is 0 Å². The van der Waals surface area contributed by atoms with Gasteiger partial charge in [-0.15, -0.1) is 11.8 Å². The predicted octanol–water partition coefficient (Wildman–Crippen LogP) is 4.26. The van der Waals surface area contributed by atoms with Gasteiger partial charge < -0.3 is 5.73 Å². The van der Waals surface area contributed by atoms with Gasteiger partial charge in [0.2, 0.25) is 0 Å². The first-order chi connectivity index (χ1) is 8.60. The van der Waals surface area contributed by atoms with Crippen molar-refractivity contribution in [1.29, 1.82) is 0 Å². The minimum Gasteiger partial charge on any atom is -0.399 e. The molecule has 2 nitrogen and oxygen atoms in total. The quantitative estimate of drug-likeness (QED) is 0.659. The van der Waals surface area contributed by atoms with E-state index < -0.39 is 0 Å². The van der Waals surface area contributed by atoms with Gasteiger partial charge in [-0.3, -0.25) is 4.98 Å². The molecule has 0 fully saturated rings. The summed E-state index contributed by atoms with van der Waals surface area (Å²) in [7, 11) is 0. The summed E-state index contributed by atoms with van der Waals surface area (Å²) in [6.45, 7) is 6.57. The van der Waals surface area contributed by atoms with E-state index in [2.05, 4.69) is 24.9 Å². The highest BCUT2D eigenvalue weighted by Crippen LogP contribution is 2.30. The molecule has 0 saturated carbocycles. The van der Waals surface area contributed by atoms with Crippen molar-refractivity contribution in [2.45, 2.75) is 32.1 Å². The summed E-state index contributed by atoms with van der Waals surface area (Å²) >= 11 is 1.91. The highest BCUT2D eigenvalue weighted by molar-refractivity contribution is 7.99. The summed E-state index contributed by atoms with van der Waals surface area (Å²) in [6.07, 6.45) is 1.22. The van der Waals surface area contributed by atoms with Crippen LogP contribution in [0.1, 0.15) is 26.0 Å². The number of nitrogen functional groups attached to an aromatic ring is 1. The molecule has 1 atom stereocenters. The van der Waals surface area contributed by atoms with Gasteiger partial charge in [-0.1, -0.05) is 20.3 Å². The van der Waals surface area contributed by atoms with Gasteiger partial charge in [0.05, 0.1) is 5.52 Å². The summed E-state index contributed by atoms with van der Waals surface area (Å²) in [5, 5.41) is 1.17. The molecular formula is C15H20N2S. The second kappa shape index (κ2) is 5.61. The van der Waals surface area contributed by atoms with Crippen molar-refractivity contribution < 1.29 is 0 Å². The fourth-order valence-electron chi connectivity index (χ4n) is 1.81. The fourth-order valence-corrected chi connectivity index (χ4v) is 3.08. The van der Waals surface area contributed by atoms with Gasteiger partial charge in [-0.25, -0.2) is 0 Å². The Labute approximate surface area is 113 Å². The molecular weight excluding hydrogens is 240 g/mol. The number of aromatic nitrogens is 1. The van der Waals surface area contributed by atoms with Crippen LogP contribution in [0.5, 0.6) is 0 Å². The maximum absolute atomic E-state index is 5.88. The zero-order valence-electron chi connectivity index (χ0n) is 11.2. The van der Waals surface area contributed by atoms with Crippen molar-refractivity contribution in [3.05, 3.63) is 30.0 Å². The van der Waals surface area contributed by atoms with Crippen LogP contribution >= 0.6 is 11.8 Å². The van der Waals surface area contributed by atoms with E-state index >= 15 is 0 Å². The van der Waals surface area contributed by atoms with Crippen LogP contribution in [-0.4, -0.2) is 10.7 Å². The molecule has 1 aromatic heterocycles. The van der Waals surface area contributed by atoms with E-state index in [1.807, 2.05) is 36.9 Å². The van der Waals surface area contributed by atoms with Crippen molar-refractivity contribution in [2.24, 2.45) is 5.92 Å². The van der Waals surface area contributed by atoms with Crippen molar-refractivity contribution in [3.63, 3.8) is 0 Å². The molecule has 3 heteroatoms. The molecule has 0 spiro atoms. The number of rotatable bonds is 4. The lowest BCUT2D eigenvalue weighted by Gasteiger charge is -2.11. The normalized spacial score (nSPS) is 12.8. The maximum Gasteiger partial charge on any atom is 0.0717 e. The Hall–Kier alpha value is -1.22. The van der Waals surface area contributed by atoms with E-state index in [-0.39, 0.29) is 0 Å². The summed E-state index contributed by atoms with van der Waals surface area (Å²) in [5.74, 6) is 1.88. The molecule has 0 aliphatic rings. The third-order valence-corrected chi connectivity index (χ3v) is 4.53. The molecule has 0 radical (unpaired) electrons. The molecule has 1 heterocycles. The molecule has 0 amide bonds. The zero-order valence-corrected chi connectivity index (χ0v) is 12.1. The van der Waals surface area contributed by atoms with Crippen molar-refractivity contribution in [3.8, 4) is 0 Å². The van der Waals surface area contributed by atoms with Crippen molar-refractivity contribution >= 4 is 28.4 Å². The van der Waals surface area contributed by atoms with Crippen LogP contribution in [0.2, 0.25) is 0 Å². The molecule has 1 unspecified atom stereocenters. The van der Waals surface area contributed by atoms with Crippen LogP contribution in [0.4, 0.5) is 5.69 Å². The van der Waals surface area contributed by atoms with E-state index in [0.717, 1.165) is 28.6 Å². The lowest BCUT2D eigenvalue weighted by Crippen LogP contribution is -1.96. The predicted molar refractivity (Wildman–Crippen MR) is 81.1 cm³/mol. The number of benzene rings is 1. The minimum atomic E-state index is 0.736. The molecule has 0 saturated heterocycles. The smallest absolute Gasteiger partial charge is 0.0717 e. The first-order valence-electron chi connectivity index (χ1n) is 6.40. The molecule has 0 aliphatic heterocycles. The molecule has 0 aliphatic carbocycles. The van der Waals surface area contributed by atoms with Crippen molar-refractivity contribution in [1.82, 2.24) is 4.98 Å². The van der Waals surface area contributed by atoms with E-state index in [0.29, 0.717) is 0 Å². The Bertz CT molecular complexity index is 551. The molecule has 2 N–H and O–H groups in total. The van der Waals surface area contributed by atoms with E-state index in [1.54, 1.807) is 0 Å². The SMILES string of the molecule is CCC(C)CSc1cc(C)nc2ccc(N)cc12. The second-order valence-corrected chi connectivity index (χ2v) is 5.92. The van der Waals surface area contributed by atoms with Gasteiger partial charge in [0, 0.05) is 27.4 Å². The fraction of sp³-hybridized carbons (Fsp3) is 0.400. The standard InChI is InChI=1S/C15H20N2S/c1-4-10(2)9-18-15-7-11(3)17-14-6-5-12(16)8-13(14)15/h5-8,10H,4,9,16H2,1-3H3. The number of pyridine rings is 1. The molecule has 18 heavy (non-hydrogen) atoms. The number of thioether (sulfide) groups is 1. The summed E-state index contributed by atoms with van der Waals surface area (Å²) in [5.41, 5.74) is 8.79. The van der Waals surface area contributed by atoms with Crippen LogP contribution in [0.25, 0.3) is 10.9 Å². The topological polar surface area (TPSA) is 38.9 Å². The molecule has 96 valence electrons. The molecule has 2 rings (SSSR count). The third kappa shape index (κ3) is 2.96. The monoisotopic (exact) mass is 260 g/mol. The minimum absolute atomic E-state index is 0.736. The van der Waals surface area contributed by atoms with Gasteiger partial charge in [0.1, 0.15) is 0 Å². The lowest BCUT2D eigenvalue weighted by molar-refractivity contribution is 0.637. The molecule has 1 aromatic carbocycles. The number of nitrogens with two attached hydrogens (primary N) is 1. The van der Waals surface area contributed by atoms with Crippen LogP contribution in [0.3, 0.4) is 0 Å². The average molecular weight is 260 g/mol. The highest BCUT2D eigenvalue weighted by Gasteiger charge is 2.07. The Morgan fingerprint density at radius 1 is 1.33 bits per heavy atom. The summed E-state index contributed by atoms with van der Waals surface area (Å²) in [4.78, 5) is 5.85. The Morgan fingerprint density at radius 3 is 2.83 bits per heavy atom. The molecule has 2 aromatic rings. The van der Waals surface area contributed by atoms with Crippen LogP contribution in [0, 0.1) is 12.8 Å². The van der Waals surface area contributed by atoms with E-state index in [1.165, 1.54) is 16.7 Å². The number of hydrogen-bond donors (Lipinski definition) is 1. The summed E-state index contributed by atoms with van der Waals surface area (Å²) < 4.78 is 0. The Balaban J connectivity index is 2.38. The van der Waals surface area contributed by atoms with Gasteiger partial charge in [0.25, 0.3) is 0 Å². The van der Waals surface area contributed by atoms with Gasteiger partial charge >= 0.3 is 0 Å². The third-order valence-electron chi connectivity index (χ3n) is 3.14.